The van der Waals surface area contributed by atoms with E-state index in [0.29, 0.717) is 16.0 Å². The van der Waals surface area contributed by atoms with Gasteiger partial charge in [0.15, 0.2) is 0 Å². The molecule has 3 nitrogen and oxygen atoms in total. The lowest BCUT2D eigenvalue weighted by molar-refractivity contribution is 0.476. The molecule has 1 heterocycles. The maximum Gasteiger partial charge on any atom is 0.282 e. The van der Waals surface area contributed by atoms with Crippen LogP contribution in [0.4, 0.5) is 0 Å². The molecule has 2 aromatic rings. The predicted molar refractivity (Wildman–Crippen MR) is 59.9 cm³/mol. The highest BCUT2D eigenvalue weighted by Crippen LogP contribution is 2.23. The summed E-state index contributed by atoms with van der Waals surface area (Å²) in [6, 6.07) is 8.30. The van der Waals surface area contributed by atoms with Crippen molar-refractivity contribution in [3.8, 4) is 10.9 Å². The van der Waals surface area contributed by atoms with Crippen molar-refractivity contribution in [1.82, 2.24) is 4.98 Å². The maximum atomic E-state index is 10.9. The number of hydrogen-bond donors (Lipinski definition) is 0. The van der Waals surface area contributed by atoms with E-state index in [9.17, 15) is 4.79 Å². The molecule has 0 fully saturated rings. The van der Waals surface area contributed by atoms with E-state index < -0.39 is 0 Å². The standard InChI is InChI=1S/C10H6ClNO2S/c11-7-2-1-3-8(6-7)14-10-12-9(13)4-5-15-10/h1-6H. The minimum absolute atomic E-state index is 0.310. The molecule has 0 N–H and O–H groups in total. The monoisotopic (exact) mass is 239 g/mol. The Labute approximate surface area is 94.9 Å². The van der Waals surface area contributed by atoms with Gasteiger partial charge in [-0.05, 0) is 18.2 Å². The second-order valence-electron chi connectivity index (χ2n) is 2.70. The van der Waals surface area contributed by atoms with E-state index in [-0.39, 0.29) is 5.56 Å². The lowest BCUT2D eigenvalue weighted by atomic mass is 10.3. The van der Waals surface area contributed by atoms with E-state index in [0.717, 1.165) is 0 Å². The van der Waals surface area contributed by atoms with Crippen LogP contribution in [0.1, 0.15) is 0 Å². The zero-order chi connectivity index (χ0) is 10.7. The zero-order valence-corrected chi connectivity index (χ0v) is 9.09. The Bertz CT molecular complexity index is 527. The molecule has 0 unspecified atom stereocenters. The first-order valence-electron chi connectivity index (χ1n) is 4.13. The highest BCUT2D eigenvalue weighted by atomic mass is 35.5. The van der Waals surface area contributed by atoms with Gasteiger partial charge in [0.2, 0.25) is 0 Å². The molecule has 76 valence electrons. The van der Waals surface area contributed by atoms with Crippen LogP contribution in [0.5, 0.6) is 10.9 Å². The lowest BCUT2D eigenvalue weighted by Crippen LogP contribution is -2.02. The Morgan fingerprint density at radius 3 is 2.93 bits per heavy atom. The van der Waals surface area contributed by atoms with E-state index in [2.05, 4.69) is 4.98 Å². The van der Waals surface area contributed by atoms with Crippen LogP contribution in [0.25, 0.3) is 0 Å². The summed E-state index contributed by atoms with van der Waals surface area (Å²) in [4.78, 5) is 14.6. The van der Waals surface area contributed by atoms with Crippen LogP contribution in [0.2, 0.25) is 5.02 Å². The van der Waals surface area contributed by atoms with Crippen molar-refractivity contribution in [1.29, 1.82) is 0 Å². The molecule has 0 bridgehead atoms. The molecule has 15 heavy (non-hydrogen) atoms. The molecular formula is C10H6ClNO2S. The number of halogens is 1. The molecular weight excluding hydrogens is 234 g/mol. The number of benzene rings is 1. The fraction of sp³-hybridized carbons (Fsp3) is 0. The summed E-state index contributed by atoms with van der Waals surface area (Å²) in [5.74, 6) is 0.567. The van der Waals surface area contributed by atoms with Gasteiger partial charge in [0.25, 0.3) is 10.8 Å². The molecule has 1 aromatic carbocycles. The van der Waals surface area contributed by atoms with E-state index in [1.54, 1.807) is 29.6 Å². The molecule has 0 aliphatic carbocycles. The molecule has 1 aromatic heterocycles. The lowest BCUT2D eigenvalue weighted by Gasteiger charge is -2.02. The highest BCUT2D eigenvalue weighted by molar-refractivity contribution is 7.11. The van der Waals surface area contributed by atoms with E-state index in [1.165, 1.54) is 17.4 Å². The van der Waals surface area contributed by atoms with E-state index in [4.69, 9.17) is 16.3 Å². The van der Waals surface area contributed by atoms with Gasteiger partial charge >= 0.3 is 0 Å². The average molecular weight is 240 g/mol. The predicted octanol–water partition coefficient (Wildman–Crippen LogP) is 2.95. The van der Waals surface area contributed by atoms with Crippen molar-refractivity contribution in [2.45, 2.75) is 0 Å². The quantitative estimate of drug-likeness (QED) is 0.809. The minimum Gasteiger partial charge on any atom is -0.431 e. The van der Waals surface area contributed by atoms with Crippen molar-refractivity contribution >= 4 is 22.9 Å². The van der Waals surface area contributed by atoms with Gasteiger partial charge in [0.1, 0.15) is 5.75 Å². The molecule has 0 atom stereocenters. The fourth-order valence-electron chi connectivity index (χ4n) is 0.982. The summed E-state index contributed by atoms with van der Waals surface area (Å²) < 4.78 is 5.36. The SMILES string of the molecule is O=c1ccsc(Oc2cccc(Cl)c2)n1. The molecule has 0 aliphatic rings. The van der Waals surface area contributed by atoms with Crippen LogP contribution >= 0.6 is 22.9 Å². The Balaban J connectivity index is 2.26. The van der Waals surface area contributed by atoms with Gasteiger partial charge in [-0.3, -0.25) is 4.79 Å². The Hall–Kier alpha value is -1.39. The van der Waals surface area contributed by atoms with E-state index in [1.807, 2.05) is 0 Å². The Morgan fingerprint density at radius 1 is 1.33 bits per heavy atom. The molecule has 0 radical (unpaired) electrons. The van der Waals surface area contributed by atoms with Gasteiger partial charge in [-0.15, -0.1) is 0 Å². The summed E-state index contributed by atoms with van der Waals surface area (Å²) in [5, 5.41) is 2.52. The molecule has 0 amide bonds. The van der Waals surface area contributed by atoms with Crippen LogP contribution in [0.15, 0.2) is 40.5 Å². The fourth-order valence-corrected chi connectivity index (χ4v) is 1.75. The second kappa shape index (κ2) is 4.42. The molecule has 0 aliphatic heterocycles. The third kappa shape index (κ3) is 2.78. The summed E-state index contributed by atoms with van der Waals surface area (Å²) in [5.41, 5.74) is -0.314. The smallest absolute Gasteiger partial charge is 0.282 e. The van der Waals surface area contributed by atoms with Crippen LogP contribution in [-0.4, -0.2) is 4.98 Å². The number of hydrogen-bond acceptors (Lipinski definition) is 4. The highest BCUT2D eigenvalue weighted by Gasteiger charge is 2.00. The first-order chi connectivity index (χ1) is 7.24. The molecule has 0 spiro atoms. The van der Waals surface area contributed by atoms with Crippen molar-refractivity contribution in [3.63, 3.8) is 0 Å². The summed E-state index contributed by atoms with van der Waals surface area (Å²) in [6.45, 7) is 0. The van der Waals surface area contributed by atoms with Crippen molar-refractivity contribution in [2.75, 3.05) is 0 Å². The van der Waals surface area contributed by atoms with Gasteiger partial charge in [0.05, 0.1) is 0 Å². The summed E-state index contributed by atoms with van der Waals surface area (Å²) >= 11 is 7.03. The van der Waals surface area contributed by atoms with Gasteiger partial charge in [-0.25, -0.2) is 0 Å². The second-order valence-corrected chi connectivity index (χ2v) is 3.99. The Morgan fingerprint density at radius 2 is 2.20 bits per heavy atom. The third-order valence-electron chi connectivity index (χ3n) is 1.58. The summed E-state index contributed by atoms with van der Waals surface area (Å²) in [7, 11) is 0. The number of nitrogens with zero attached hydrogens (tertiary/aromatic N) is 1. The molecule has 0 saturated carbocycles. The topological polar surface area (TPSA) is 39.2 Å². The van der Waals surface area contributed by atoms with Crippen LogP contribution in [0.3, 0.4) is 0 Å². The zero-order valence-electron chi connectivity index (χ0n) is 7.51. The van der Waals surface area contributed by atoms with Gasteiger partial charge in [0, 0.05) is 16.5 Å². The van der Waals surface area contributed by atoms with Gasteiger partial charge < -0.3 is 4.74 Å². The van der Waals surface area contributed by atoms with Crippen molar-refractivity contribution < 1.29 is 4.74 Å². The van der Waals surface area contributed by atoms with Crippen LogP contribution in [0, 0.1) is 0 Å². The molecule has 2 rings (SSSR count). The largest absolute Gasteiger partial charge is 0.431 e. The molecule has 5 heteroatoms. The molecule has 0 saturated heterocycles. The maximum absolute atomic E-state index is 10.9. The van der Waals surface area contributed by atoms with Crippen LogP contribution in [-0.2, 0) is 0 Å². The first kappa shape index (κ1) is 10.1. The van der Waals surface area contributed by atoms with Gasteiger partial charge in [-0.2, -0.15) is 4.98 Å². The number of ether oxygens (including phenoxy) is 1. The van der Waals surface area contributed by atoms with Gasteiger partial charge in [-0.1, -0.05) is 29.0 Å². The third-order valence-corrected chi connectivity index (χ3v) is 2.47. The normalized spacial score (nSPS) is 9.93. The van der Waals surface area contributed by atoms with Crippen LogP contribution < -0.4 is 10.3 Å². The van der Waals surface area contributed by atoms with Crippen molar-refractivity contribution in [2.24, 2.45) is 0 Å². The van der Waals surface area contributed by atoms with E-state index >= 15 is 0 Å². The minimum atomic E-state index is -0.314. The number of rotatable bonds is 2. The van der Waals surface area contributed by atoms with Crippen molar-refractivity contribution in [3.05, 3.63) is 51.1 Å². The first-order valence-corrected chi connectivity index (χ1v) is 5.39. The Kier molecular flexibility index (Phi) is 2.99. The number of aromatic nitrogens is 1. The summed E-state index contributed by atoms with van der Waals surface area (Å²) in [6.07, 6.45) is 0. The average Bonchev–Trinajstić information content (AvgIpc) is 2.17.